The van der Waals surface area contributed by atoms with Crippen LogP contribution in [0.25, 0.3) is 0 Å². The Labute approximate surface area is 90.8 Å². The van der Waals surface area contributed by atoms with Crippen LogP contribution >= 0.6 is 0 Å². The van der Waals surface area contributed by atoms with E-state index in [0.717, 1.165) is 25.2 Å². The predicted octanol–water partition coefficient (Wildman–Crippen LogP) is 1.60. The first-order chi connectivity index (χ1) is 7.16. The van der Waals surface area contributed by atoms with E-state index in [1.807, 2.05) is 19.2 Å². The second kappa shape index (κ2) is 4.19. The van der Waals surface area contributed by atoms with E-state index in [1.165, 1.54) is 5.69 Å². The molecule has 0 bridgehead atoms. The molecule has 1 aliphatic heterocycles. The second-order valence-corrected chi connectivity index (χ2v) is 4.43. The Morgan fingerprint density at radius 3 is 3.00 bits per heavy atom. The lowest BCUT2D eigenvalue weighted by molar-refractivity contribution is 0.103. The van der Waals surface area contributed by atoms with Crippen LogP contribution in [0, 0.1) is 12.8 Å². The van der Waals surface area contributed by atoms with Crippen molar-refractivity contribution in [3.8, 4) is 0 Å². The van der Waals surface area contributed by atoms with Gasteiger partial charge in [-0.1, -0.05) is 6.92 Å². The van der Waals surface area contributed by atoms with Gasteiger partial charge in [-0.05, 0) is 31.4 Å². The maximum atomic E-state index is 9.82. The lowest BCUT2D eigenvalue weighted by Crippen LogP contribution is -2.42. The smallest absolute Gasteiger partial charge is 0.0741 e. The van der Waals surface area contributed by atoms with Crippen molar-refractivity contribution < 1.29 is 5.11 Å². The highest BCUT2D eigenvalue weighted by Gasteiger charge is 2.24. The van der Waals surface area contributed by atoms with Crippen molar-refractivity contribution >= 4 is 5.69 Å². The lowest BCUT2D eigenvalue weighted by atomic mass is 9.96. The summed E-state index contributed by atoms with van der Waals surface area (Å²) in [5.41, 5.74) is 2.20. The number of hydrogen-bond donors (Lipinski definition) is 1. The first kappa shape index (κ1) is 10.4. The molecule has 1 fully saturated rings. The van der Waals surface area contributed by atoms with E-state index in [0.29, 0.717) is 5.92 Å². The number of piperidine rings is 1. The van der Waals surface area contributed by atoms with Gasteiger partial charge in [0.2, 0.25) is 0 Å². The number of aryl methyl sites for hydroxylation is 1. The maximum Gasteiger partial charge on any atom is 0.0741 e. The molecule has 3 nitrogen and oxygen atoms in total. The molecule has 1 aliphatic rings. The summed E-state index contributed by atoms with van der Waals surface area (Å²) in [7, 11) is 0. The molecule has 1 aromatic rings. The molecule has 0 amide bonds. The summed E-state index contributed by atoms with van der Waals surface area (Å²) in [5, 5.41) is 9.82. The number of β-amino-alcohol motifs (C(OH)–C–C–N with tert-alkyl or cyclic N) is 1. The molecule has 0 radical (unpaired) electrons. The fraction of sp³-hybridized carbons (Fsp3) is 0.583. The van der Waals surface area contributed by atoms with Crippen LogP contribution in [0.5, 0.6) is 0 Å². The number of nitrogens with zero attached hydrogens (tertiary/aromatic N) is 2. The quantitative estimate of drug-likeness (QED) is 0.758. The number of aromatic nitrogens is 1. The summed E-state index contributed by atoms with van der Waals surface area (Å²) in [5.74, 6) is 0.421. The SMILES string of the molecule is Cc1cc(N2CCC(C)C(O)C2)ccn1. The van der Waals surface area contributed by atoms with Gasteiger partial charge in [0.1, 0.15) is 0 Å². The molecule has 2 unspecified atom stereocenters. The Morgan fingerprint density at radius 1 is 1.53 bits per heavy atom. The summed E-state index contributed by atoms with van der Waals surface area (Å²) in [6, 6.07) is 4.08. The van der Waals surface area contributed by atoms with Crippen LogP contribution < -0.4 is 4.90 Å². The van der Waals surface area contributed by atoms with Crippen LogP contribution in [0.2, 0.25) is 0 Å². The average Bonchev–Trinajstić information content (AvgIpc) is 2.22. The predicted molar refractivity (Wildman–Crippen MR) is 61.0 cm³/mol. The highest BCUT2D eigenvalue weighted by atomic mass is 16.3. The highest BCUT2D eigenvalue weighted by Crippen LogP contribution is 2.23. The van der Waals surface area contributed by atoms with Crippen LogP contribution in [-0.2, 0) is 0 Å². The number of anilines is 1. The van der Waals surface area contributed by atoms with Crippen LogP contribution in [0.4, 0.5) is 5.69 Å². The Bertz CT molecular complexity index is 340. The molecule has 15 heavy (non-hydrogen) atoms. The zero-order valence-electron chi connectivity index (χ0n) is 9.35. The van der Waals surface area contributed by atoms with Gasteiger partial charge in [-0.2, -0.15) is 0 Å². The first-order valence-corrected chi connectivity index (χ1v) is 5.52. The molecule has 1 N–H and O–H groups in total. The molecule has 1 aromatic heterocycles. The fourth-order valence-electron chi connectivity index (χ4n) is 2.01. The van der Waals surface area contributed by atoms with Crippen molar-refractivity contribution in [3.63, 3.8) is 0 Å². The normalized spacial score (nSPS) is 26.7. The molecule has 2 atom stereocenters. The number of aliphatic hydroxyl groups excluding tert-OH is 1. The Morgan fingerprint density at radius 2 is 2.33 bits per heavy atom. The van der Waals surface area contributed by atoms with E-state index < -0.39 is 0 Å². The van der Waals surface area contributed by atoms with Crippen LogP contribution in [0.3, 0.4) is 0 Å². The van der Waals surface area contributed by atoms with Crippen molar-refractivity contribution in [2.75, 3.05) is 18.0 Å². The third-order valence-corrected chi connectivity index (χ3v) is 3.16. The van der Waals surface area contributed by atoms with Crippen molar-refractivity contribution in [2.45, 2.75) is 26.4 Å². The van der Waals surface area contributed by atoms with E-state index in [2.05, 4.69) is 22.9 Å². The zero-order valence-corrected chi connectivity index (χ0v) is 9.35. The van der Waals surface area contributed by atoms with Gasteiger partial charge in [0.05, 0.1) is 6.10 Å². The minimum absolute atomic E-state index is 0.202. The Balaban J connectivity index is 2.12. The van der Waals surface area contributed by atoms with E-state index in [4.69, 9.17) is 0 Å². The van der Waals surface area contributed by atoms with Gasteiger partial charge in [-0.25, -0.2) is 0 Å². The third kappa shape index (κ3) is 2.29. The highest BCUT2D eigenvalue weighted by molar-refractivity contribution is 5.46. The second-order valence-electron chi connectivity index (χ2n) is 4.43. The molecule has 82 valence electrons. The molecule has 0 spiro atoms. The van der Waals surface area contributed by atoms with Crippen molar-refractivity contribution in [2.24, 2.45) is 5.92 Å². The number of hydrogen-bond acceptors (Lipinski definition) is 3. The van der Waals surface area contributed by atoms with Gasteiger partial charge in [0.25, 0.3) is 0 Å². The molecule has 3 heteroatoms. The molecular weight excluding hydrogens is 188 g/mol. The molecule has 0 aromatic carbocycles. The number of aliphatic hydroxyl groups is 1. The summed E-state index contributed by atoms with van der Waals surface area (Å²) in [6.45, 7) is 5.87. The summed E-state index contributed by atoms with van der Waals surface area (Å²) in [4.78, 5) is 6.41. The Hall–Kier alpha value is -1.09. The maximum absolute atomic E-state index is 9.82. The summed E-state index contributed by atoms with van der Waals surface area (Å²) in [6.07, 6.45) is 2.68. The van der Waals surface area contributed by atoms with Gasteiger partial charge in [-0.3, -0.25) is 4.98 Å². The van der Waals surface area contributed by atoms with E-state index in [1.54, 1.807) is 0 Å². The van der Waals surface area contributed by atoms with Crippen molar-refractivity contribution in [3.05, 3.63) is 24.0 Å². The topological polar surface area (TPSA) is 36.4 Å². The number of rotatable bonds is 1. The Kier molecular flexibility index (Phi) is 2.91. The van der Waals surface area contributed by atoms with Crippen LogP contribution in [0.15, 0.2) is 18.3 Å². The molecule has 2 rings (SSSR count). The largest absolute Gasteiger partial charge is 0.391 e. The lowest BCUT2D eigenvalue weighted by Gasteiger charge is -2.35. The van der Waals surface area contributed by atoms with Crippen LogP contribution in [0.1, 0.15) is 19.0 Å². The molecular formula is C12H18N2O. The molecule has 0 saturated carbocycles. The minimum atomic E-state index is -0.202. The van der Waals surface area contributed by atoms with Gasteiger partial charge in [0, 0.05) is 30.7 Å². The molecule has 2 heterocycles. The van der Waals surface area contributed by atoms with E-state index >= 15 is 0 Å². The monoisotopic (exact) mass is 206 g/mol. The minimum Gasteiger partial charge on any atom is -0.391 e. The molecule has 0 aliphatic carbocycles. The van der Waals surface area contributed by atoms with Crippen LogP contribution in [-0.4, -0.2) is 29.3 Å². The van der Waals surface area contributed by atoms with Gasteiger partial charge in [-0.15, -0.1) is 0 Å². The summed E-state index contributed by atoms with van der Waals surface area (Å²) >= 11 is 0. The van der Waals surface area contributed by atoms with Gasteiger partial charge >= 0.3 is 0 Å². The van der Waals surface area contributed by atoms with Gasteiger partial charge < -0.3 is 10.0 Å². The fourth-order valence-corrected chi connectivity index (χ4v) is 2.01. The molecule has 1 saturated heterocycles. The average molecular weight is 206 g/mol. The first-order valence-electron chi connectivity index (χ1n) is 5.52. The number of pyridine rings is 1. The van der Waals surface area contributed by atoms with E-state index in [9.17, 15) is 5.11 Å². The van der Waals surface area contributed by atoms with E-state index in [-0.39, 0.29) is 6.10 Å². The summed E-state index contributed by atoms with van der Waals surface area (Å²) < 4.78 is 0. The standard InChI is InChI=1S/C12H18N2O/c1-9-4-6-14(8-12(9)15)11-3-5-13-10(2)7-11/h3,5,7,9,12,15H,4,6,8H2,1-2H3. The van der Waals surface area contributed by atoms with Gasteiger partial charge in [0.15, 0.2) is 0 Å². The van der Waals surface area contributed by atoms with Crippen molar-refractivity contribution in [1.29, 1.82) is 0 Å². The third-order valence-electron chi connectivity index (χ3n) is 3.16. The zero-order chi connectivity index (χ0) is 10.8. The van der Waals surface area contributed by atoms with Crippen molar-refractivity contribution in [1.82, 2.24) is 4.98 Å².